The van der Waals surface area contributed by atoms with Crippen LogP contribution in [0.4, 0.5) is 0 Å². The molecule has 1 aliphatic carbocycles. The van der Waals surface area contributed by atoms with Crippen molar-refractivity contribution in [1.82, 2.24) is 5.32 Å². The van der Waals surface area contributed by atoms with E-state index in [1.165, 1.54) is 23.3 Å². The number of halogens is 1. The zero-order valence-electron chi connectivity index (χ0n) is 11.7. The van der Waals surface area contributed by atoms with Crippen LogP contribution in [0.3, 0.4) is 0 Å². The Hall–Kier alpha value is -0.830. The first-order valence-corrected chi connectivity index (χ1v) is 8.57. The highest BCUT2D eigenvalue weighted by Gasteiger charge is 2.31. The molecule has 0 bridgehead atoms. The molecule has 1 saturated carbocycles. The van der Waals surface area contributed by atoms with Crippen LogP contribution >= 0.6 is 22.9 Å². The summed E-state index contributed by atoms with van der Waals surface area (Å²) in [6.07, 6.45) is 3.60. The first-order valence-electron chi connectivity index (χ1n) is 7.31. The predicted molar refractivity (Wildman–Crippen MR) is 87.7 cm³/mol. The fraction of sp³-hybridized carbons (Fsp3) is 0.412. The summed E-state index contributed by atoms with van der Waals surface area (Å²) in [5.41, 5.74) is 1.39. The summed E-state index contributed by atoms with van der Waals surface area (Å²) in [6, 6.07) is 13.8. The molecule has 1 aliphatic rings. The zero-order valence-corrected chi connectivity index (χ0v) is 13.3. The van der Waals surface area contributed by atoms with Crippen molar-refractivity contribution in [1.29, 1.82) is 0 Å². The maximum absolute atomic E-state index is 6.07. The number of hydrogen-bond acceptors (Lipinski definition) is 2. The smallest absolute Gasteiger partial charge is 0.0414 e. The Balaban J connectivity index is 1.55. The SMILES string of the molecule is CCC(NC1CC(c2cccc(Cl)c2)C1)c1cccs1. The van der Waals surface area contributed by atoms with E-state index < -0.39 is 0 Å². The van der Waals surface area contributed by atoms with Crippen LogP contribution in [0.25, 0.3) is 0 Å². The largest absolute Gasteiger partial charge is 0.306 e. The third-order valence-corrected chi connectivity index (χ3v) is 5.41. The van der Waals surface area contributed by atoms with Gasteiger partial charge in [0, 0.05) is 22.0 Å². The minimum atomic E-state index is 0.514. The van der Waals surface area contributed by atoms with Crippen LogP contribution in [0.15, 0.2) is 41.8 Å². The standard InChI is InChI=1S/C17H20ClNS/c1-2-16(17-7-4-8-20-17)19-15-10-13(11-15)12-5-3-6-14(18)9-12/h3-9,13,15-16,19H,2,10-11H2,1H3. The van der Waals surface area contributed by atoms with E-state index >= 15 is 0 Å². The van der Waals surface area contributed by atoms with Gasteiger partial charge in [0.1, 0.15) is 0 Å². The highest BCUT2D eigenvalue weighted by atomic mass is 35.5. The lowest BCUT2D eigenvalue weighted by Gasteiger charge is -2.38. The van der Waals surface area contributed by atoms with Crippen molar-refractivity contribution in [3.63, 3.8) is 0 Å². The lowest BCUT2D eigenvalue weighted by molar-refractivity contribution is 0.264. The predicted octanol–water partition coefficient (Wildman–Crippen LogP) is 5.39. The second kappa shape index (κ2) is 6.30. The van der Waals surface area contributed by atoms with Crippen molar-refractivity contribution in [3.8, 4) is 0 Å². The molecule has 1 aromatic carbocycles. The van der Waals surface area contributed by atoms with Gasteiger partial charge in [-0.3, -0.25) is 0 Å². The molecule has 1 aromatic heterocycles. The minimum absolute atomic E-state index is 0.514. The van der Waals surface area contributed by atoms with Crippen molar-refractivity contribution in [2.24, 2.45) is 0 Å². The molecule has 1 fully saturated rings. The number of benzene rings is 1. The van der Waals surface area contributed by atoms with Gasteiger partial charge < -0.3 is 5.32 Å². The average molecular weight is 306 g/mol. The van der Waals surface area contributed by atoms with Gasteiger partial charge in [0.05, 0.1) is 0 Å². The maximum Gasteiger partial charge on any atom is 0.0414 e. The fourth-order valence-electron chi connectivity index (χ4n) is 2.96. The van der Waals surface area contributed by atoms with E-state index in [0.717, 1.165) is 11.4 Å². The van der Waals surface area contributed by atoms with E-state index in [4.69, 9.17) is 11.6 Å². The van der Waals surface area contributed by atoms with E-state index in [0.29, 0.717) is 18.0 Å². The molecule has 0 saturated heterocycles. The van der Waals surface area contributed by atoms with Crippen LogP contribution in [0, 0.1) is 0 Å². The monoisotopic (exact) mass is 305 g/mol. The molecule has 20 heavy (non-hydrogen) atoms. The second-order valence-corrected chi connectivity index (χ2v) is 6.98. The van der Waals surface area contributed by atoms with Gasteiger partial charge in [0.2, 0.25) is 0 Å². The highest BCUT2D eigenvalue weighted by Crippen LogP contribution is 2.39. The first-order chi connectivity index (χ1) is 9.76. The molecule has 0 amide bonds. The highest BCUT2D eigenvalue weighted by molar-refractivity contribution is 7.10. The quantitative estimate of drug-likeness (QED) is 0.781. The van der Waals surface area contributed by atoms with E-state index in [9.17, 15) is 0 Å². The number of rotatable bonds is 5. The van der Waals surface area contributed by atoms with E-state index in [-0.39, 0.29) is 0 Å². The maximum atomic E-state index is 6.07. The van der Waals surface area contributed by atoms with Gasteiger partial charge >= 0.3 is 0 Å². The van der Waals surface area contributed by atoms with Crippen molar-refractivity contribution in [2.45, 2.75) is 44.2 Å². The lowest BCUT2D eigenvalue weighted by atomic mass is 9.75. The van der Waals surface area contributed by atoms with Crippen LogP contribution in [0.1, 0.15) is 48.6 Å². The third kappa shape index (κ3) is 3.08. The Kier molecular flexibility index (Phi) is 4.45. The Labute approximate surface area is 130 Å². The molecule has 2 aromatic rings. The summed E-state index contributed by atoms with van der Waals surface area (Å²) < 4.78 is 0. The summed E-state index contributed by atoms with van der Waals surface area (Å²) in [6.45, 7) is 2.25. The van der Waals surface area contributed by atoms with E-state index in [1.54, 1.807) is 0 Å². The van der Waals surface area contributed by atoms with Crippen molar-refractivity contribution >= 4 is 22.9 Å². The summed E-state index contributed by atoms with van der Waals surface area (Å²) in [4.78, 5) is 1.46. The number of thiophene rings is 1. The van der Waals surface area contributed by atoms with Gasteiger partial charge in [0.15, 0.2) is 0 Å². The average Bonchev–Trinajstić information content (AvgIpc) is 2.91. The molecular formula is C17H20ClNS. The van der Waals surface area contributed by atoms with Crippen molar-refractivity contribution in [3.05, 3.63) is 57.2 Å². The zero-order chi connectivity index (χ0) is 13.9. The van der Waals surface area contributed by atoms with Gasteiger partial charge in [-0.25, -0.2) is 0 Å². The summed E-state index contributed by atoms with van der Waals surface area (Å²) >= 11 is 7.92. The van der Waals surface area contributed by atoms with Crippen LogP contribution in [-0.4, -0.2) is 6.04 Å². The van der Waals surface area contributed by atoms with Gasteiger partial charge in [-0.1, -0.05) is 36.7 Å². The van der Waals surface area contributed by atoms with Gasteiger partial charge in [0.25, 0.3) is 0 Å². The molecule has 3 heteroatoms. The normalized spacial score (nSPS) is 23.3. The second-order valence-electron chi connectivity index (χ2n) is 5.56. The van der Waals surface area contributed by atoms with Crippen molar-refractivity contribution < 1.29 is 0 Å². The molecule has 106 valence electrons. The molecular weight excluding hydrogens is 286 g/mol. The lowest BCUT2D eigenvalue weighted by Crippen LogP contribution is -2.41. The van der Waals surface area contributed by atoms with Crippen LogP contribution in [0.5, 0.6) is 0 Å². The van der Waals surface area contributed by atoms with E-state index in [1.807, 2.05) is 17.4 Å². The summed E-state index contributed by atoms with van der Waals surface area (Å²) in [5.74, 6) is 0.673. The molecule has 0 aliphatic heterocycles. The fourth-order valence-corrected chi connectivity index (χ4v) is 4.03. The molecule has 1 atom stereocenters. The minimum Gasteiger partial charge on any atom is -0.306 e. The molecule has 3 rings (SSSR count). The summed E-state index contributed by atoms with van der Waals surface area (Å²) in [5, 5.41) is 6.81. The molecule has 1 N–H and O–H groups in total. The molecule has 0 radical (unpaired) electrons. The topological polar surface area (TPSA) is 12.0 Å². The van der Waals surface area contributed by atoms with Gasteiger partial charge in [-0.05, 0) is 54.3 Å². The third-order valence-electron chi connectivity index (χ3n) is 4.19. The Morgan fingerprint density at radius 2 is 2.15 bits per heavy atom. The summed E-state index contributed by atoms with van der Waals surface area (Å²) in [7, 11) is 0. The molecule has 1 unspecified atom stereocenters. The van der Waals surface area contributed by atoms with E-state index in [2.05, 4.69) is 48.0 Å². The Morgan fingerprint density at radius 1 is 1.30 bits per heavy atom. The van der Waals surface area contributed by atoms with Crippen LogP contribution in [-0.2, 0) is 0 Å². The van der Waals surface area contributed by atoms with Gasteiger partial charge in [-0.2, -0.15) is 0 Å². The Morgan fingerprint density at radius 3 is 2.80 bits per heavy atom. The molecule has 0 spiro atoms. The van der Waals surface area contributed by atoms with Crippen molar-refractivity contribution in [2.75, 3.05) is 0 Å². The molecule has 1 heterocycles. The molecule has 1 nitrogen and oxygen atoms in total. The number of nitrogens with one attached hydrogen (secondary N) is 1. The first kappa shape index (κ1) is 14.1. The Bertz CT molecular complexity index is 546. The number of hydrogen-bond donors (Lipinski definition) is 1. The van der Waals surface area contributed by atoms with Crippen LogP contribution in [0.2, 0.25) is 5.02 Å². The van der Waals surface area contributed by atoms with Gasteiger partial charge in [-0.15, -0.1) is 11.3 Å². The van der Waals surface area contributed by atoms with Crippen LogP contribution < -0.4 is 5.32 Å².